The van der Waals surface area contributed by atoms with Gasteiger partial charge in [0.15, 0.2) is 0 Å². The average Bonchev–Trinajstić information content (AvgIpc) is 3.09. The number of unbranched alkanes of at least 4 members (excludes halogenated alkanes) is 1. The Morgan fingerprint density at radius 1 is 0.857 bits per heavy atom. The number of amides is 2. The van der Waals surface area contributed by atoms with E-state index in [1.807, 2.05) is 87.5 Å². The normalized spacial score (nSPS) is 13.5. The van der Waals surface area contributed by atoms with Crippen LogP contribution in [0, 0.1) is 13.8 Å². The van der Waals surface area contributed by atoms with Gasteiger partial charge in [-0.2, -0.15) is 0 Å². The predicted molar refractivity (Wildman–Crippen MR) is 142 cm³/mol. The van der Waals surface area contributed by atoms with Crippen LogP contribution < -0.4 is 15.0 Å². The Bertz CT molecular complexity index is 1280. The van der Waals surface area contributed by atoms with E-state index < -0.39 is 0 Å². The summed E-state index contributed by atoms with van der Waals surface area (Å²) in [5, 5.41) is 3.23. The van der Waals surface area contributed by atoms with Gasteiger partial charge in [0.05, 0.1) is 17.9 Å². The van der Waals surface area contributed by atoms with Gasteiger partial charge in [-0.15, -0.1) is 0 Å². The van der Waals surface area contributed by atoms with E-state index in [1.54, 1.807) is 0 Å². The predicted octanol–water partition coefficient (Wildman–Crippen LogP) is 6.44. The Morgan fingerprint density at radius 3 is 2.31 bits per heavy atom. The minimum atomic E-state index is -0.369. The fourth-order valence-electron chi connectivity index (χ4n) is 4.21. The van der Waals surface area contributed by atoms with E-state index in [1.165, 1.54) is 10.5 Å². The van der Waals surface area contributed by atoms with Crippen molar-refractivity contribution in [1.29, 1.82) is 0 Å². The van der Waals surface area contributed by atoms with Crippen molar-refractivity contribution in [2.45, 2.75) is 47.0 Å². The summed E-state index contributed by atoms with van der Waals surface area (Å²) in [5.74, 6) is -0.00324. The van der Waals surface area contributed by atoms with E-state index in [0.717, 1.165) is 36.0 Å². The number of carbonyl (C=O) groups excluding carboxylic acids is 2. The first kappa shape index (κ1) is 24.3. The Hall–Kier alpha value is -3.86. The molecule has 180 valence electrons. The molecule has 0 saturated heterocycles. The van der Waals surface area contributed by atoms with E-state index >= 15 is 0 Å². The quantitative estimate of drug-likeness (QED) is 0.367. The second-order valence-electron chi connectivity index (χ2n) is 8.85. The zero-order chi connectivity index (χ0) is 24.9. The summed E-state index contributed by atoms with van der Waals surface area (Å²) < 4.78 is 5.61. The molecule has 5 nitrogen and oxygen atoms in total. The van der Waals surface area contributed by atoms with Gasteiger partial charge in [-0.25, -0.2) is 4.90 Å². The summed E-state index contributed by atoms with van der Waals surface area (Å²) in [5.41, 5.74) is 6.00. The molecule has 0 fully saturated rings. The lowest BCUT2D eigenvalue weighted by Crippen LogP contribution is -2.32. The third-order valence-electron chi connectivity index (χ3n) is 6.31. The highest BCUT2D eigenvalue weighted by molar-refractivity contribution is 6.46. The number of anilines is 2. The minimum Gasteiger partial charge on any atom is -0.494 e. The van der Waals surface area contributed by atoms with E-state index in [2.05, 4.69) is 12.2 Å². The maximum Gasteiger partial charge on any atom is 0.282 e. The maximum atomic E-state index is 13.7. The SMILES string of the molecule is CCCCc1ccc(N2C(=O)C(Nc3cccc(OCC)c3)=C(c3ccc(C)c(C)c3)C2=O)cc1. The van der Waals surface area contributed by atoms with Gasteiger partial charge in [0.2, 0.25) is 0 Å². The standard InChI is InChI=1S/C30H32N2O3/c1-5-7-9-22-13-16-25(17-14-22)32-29(33)27(23-15-12-20(3)21(4)18-23)28(30(32)34)31-24-10-8-11-26(19-24)35-6-2/h8,10-19,31H,5-7,9H2,1-4H3. The number of nitrogens with zero attached hydrogens (tertiary/aromatic N) is 1. The lowest BCUT2D eigenvalue weighted by atomic mass is 9.99. The van der Waals surface area contributed by atoms with Gasteiger partial charge in [0.25, 0.3) is 11.8 Å². The number of aryl methyl sites for hydroxylation is 3. The molecule has 0 aromatic heterocycles. The molecule has 1 heterocycles. The van der Waals surface area contributed by atoms with Crippen LogP contribution in [0.3, 0.4) is 0 Å². The van der Waals surface area contributed by atoms with Crippen molar-refractivity contribution in [2.75, 3.05) is 16.8 Å². The first-order valence-corrected chi connectivity index (χ1v) is 12.2. The van der Waals surface area contributed by atoms with E-state index in [4.69, 9.17) is 4.74 Å². The number of imide groups is 1. The summed E-state index contributed by atoms with van der Waals surface area (Å²) in [6.07, 6.45) is 3.20. The number of hydrogen-bond acceptors (Lipinski definition) is 4. The van der Waals surface area contributed by atoms with Crippen molar-refractivity contribution in [3.05, 3.63) is 94.7 Å². The molecule has 1 N–H and O–H groups in total. The first-order valence-electron chi connectivity index (χ1n) is 12.2. The van der Waals surface area contributed by atoms with Crippen LogP contribution in [0.4, 0.5) is 11.4 Å². The van der Waals surface area contributed by atoms with Crippen LogP contribution in [0.1, 0.15) is 48.9 Å². The van der Waals surface area contributed by atoms with Crippen LogP contribution in [0.2, 0.25) is 0 Å². The fraction of sp³-hybridized carbons (Fsp3) is 0.267. The van der Waals surface area contributed by atoms with Crippen molar-refractivity contribution in [3.8, 4) is 5.75 Å². The van der Waals surface area contributed by atoms with Crippen molar-refractivity contribution in [1.82, 2.24) is 0 Å². The molecule has 0 radical (unpaired) electrons. The average molecular weight is 469 g/mol. The van der Waals surface area contributed by atoms with Gasteiger partial charge in [-0.05, 0) is 80.1 Å². The first-order chi connectivity index (χ1) is 16.9. The summed E-state index contributed by atoms with van der Waals surface area (Å²) in [7, 11) is 0. The van der Waals surface area contributed by atoms with Crippen LogP contribution in [-0.4, -0.2) is 18.4 Å². The molecule has 1 aliphatic heterocycles. The molecular formula is C30H32N2O3. The van der Waals surface area contributed by atoms with Crippen LogP contribution in [0.5, 0.6) is 5.75 Å². The fourth-order valence-corrected chi connectivity index (χ4v) is 4.21. The summed E-state index contributed by atoms with van der Waals surface area (Å²) in [4.78, 5) is 28.7. The third kappa shape index (κ3) is 5.14. The van der Waals surface area contributed by atoms with Crippen LogP contribution in [0.25, 0.3) is 5.57 Å². The second-order valence-corrected chi connectivity index (χ2v) is 8.85. The number of hydrogen-bond donors (Lipinski definition) is 1. The molecule has 0 atom stereocenters. The van der Waals surface area contributed by atoms with Crippen LogP contribution in [0.15, 0.2) is 72.4 Å². The summed E-state index contributed by atoms with van der Waals surface area (Å²) in [6, 6.07) is 21.0. The highest BCUT2D eigenvalue weighted by atomic mass is 16.5. The van der Waals surface area contributed by atoms with Gasteiger partial charge < -0.3 is 10.1 Å². The molecule has 3 aromatic rings. The summed E-state index contributed by atoms with van der Waals surface area (Å²) >= 11 is 0. The van der Waals surface area contributed by atoms with Gasteiger partial charge in [-0.3, -0.25) is 9.59 Å². The van der Waals surface area contributed by atoms with Gasteiger partial charge >= 0.3 is 0 Å². The molecule has 3 aromatic carbocycles. The van der Waals surface area contributed by atoms with E-state index in [9.17, 15) is 9.59 Å². The lowest BCUT2D eigenvalue weighted by Gasteiger charge is -2.16. The molecule has 0 saturated carbocycles. The topological polar surface area (TPSA) is 58.6 Å². The van der Waals surface area contributed by atoms with Crippen molar-refractivity contribution >= 4 is 28.8 Å². The third-order valence-corrected chi connectivity index (χ3v) is 6.31. The van der Waals surface area contributed by atoms with E-state index in [0.29, 0.717) is 29.3 Å². The number of benzene rings is 3. The van der Waals surface area contributed by atoms with Crippen molar-refractivity contribution in [2.24, 2.45) is 0 Å². The Labute approximate surface area is 207 Å². The highest BCUT2D eigenvalue weighted by Gasteiger charge is 2.40. The molecule has 5 heteroatoms. The molecule has 4 rings (SSSR count). The Kier molecular flexibility index (Phi) is 7.35. The van der Waals surface area contributed by atoms with Gasteiger partial charge in [0, 0.05) is 11.8 Å². The number of rotatable bonds is 9. The van der Waals surface area contributed by atoms with Crippen molar-refractivity contribution < 1.29 is 14.3 Å². The monoisotopic (exact) mass is 468 g/mol. The summed E-state index contributed by atoms with van der Waals surface area (Å²) in [6.45, 7) is 8.66. The molecule has 0 spiro atoms. The lowest BCUT2D eigenvalue weighted by molar-refractivity contribution is -0.120. The maximum absolute atomic E-state index is 13.7. The van der Waals surface area contributed by atoms with Gasteiger partial charge in [-0.1, -0.05) is 49.7 Å². The highest BCUT2D eigenvalue weighted by Crippen LogP contribution is 2.35. The zero-order valence-electron chi connectivity index (χ0n) is 20.9. The number of nitrogens with one attached hydrogen (secondary N) is 1. The molecule has 2 amide bonds. The van der Waals surface area contributed by atoms with Gasteiger partial charge in [0.1, 0.15) is 11.4 Å². The molecule has 1 aliphatic rings. The zero-order valence-corrected chi connectivity index (χ0v) is 20.9. The number of ether oxygens (including phenoxy) is 1. The molecule has 0 bridgehead atoms. The molecule has 0 unspecified atom stereocenters. The molecule has 0 aliphatic carbocycles. The smallest absolute Gasteiger partial charge is 0.282 e. The van der Waals surface area contributed by atoms with Crippen molar-refractivity contribution in [3.63, 3.8) is 0 Å². The molecule has 35 heavy (non-hydrogen) atoms. The molecular weight excluding hydrogens is 436 g/mol. The van der Waals surface area contributed by atoms with E-state index in [-0.39, 0.29) is 17.5 Å². The largest absolute Gasteiger partial charge is 0.494 e. The van der Waals surface area contributed by atoms with Crippen LogP contribution in [-0.2, 0) is 16.0 Å². The Morgan fingerprint density at radius 2 is 1.63 bits per heavy atom. The minimum absolute atomic E-state index is 0.266. The second kappa shape index (κ2) is 10.6. The van der Waals surface area contributed by atoms with Crippen LogP contribution >= 0.6 is 0 Å². The number of carbonyl (C=O) groups is 2. The Balaban J connectivity index is 1.74.